The van der Waals surface area contributed by atoms with Crippen LogP contribution >= 0.6 is 0 Å². The highest BCUT2D eigenvalue weighted by atomic mass is 16.5. The van der Waals surface area contributed by atoms with Crippen molar-refractivity contribution >= 4 is 29.1 Å². The quantitative estimate of drug-likeness (QED) is 0.445. The number of unbranched alkanes of at least 4 members (excludes halogenated alkanes) is 1. The van der Waals surface area contributed by atoms with E-state index in [2.05, 4.69) is 15.3 Å². The van der Waals surface area contributed by atoms with Crippen molar-refractivity contribution in [3.05, 3.63) is 26.7 Å². The van der Waals surface area contributed by atoms with E-state index < -0.39 is 41.2 Å². The molecule has 2 unspecified atom stereocenters. The van der Waals surface area contributed by atoms with Crippen LogP contribution in [0.5, 0.6) is 0 Å². The van der Waals surface area contributed by atoms with Crippen LogP contribution in [0.25, 0.3) is 11.2 Å². The van der Waals surface area contributed by atoms with Gasteiger partial charge in [-0.2, -0.15) is 0 Å². The summed E-state index contributed by atoms with van der Waals surface area (Å²) in [7, 11) is 1.59. The lowest BCUT2D eigenvalue weighted by molar-refractivity contribution is -0.149. The number of imide groups is 1. The van der Waals surface area contributed by atoms with E-state index in [0.717, 1.165) is 37.0 Å². The average molecular weight is 475 g/mol. The molecule has 0 radical (unpaired) electrons. The monoisotopic (exact) mass is 474 g/mol. The summed E-state index contributed by atoms with van der Waals surface area (Å²) in [5.41, 5.74) is -1.65. The molecule has 2 atom stereocenters. The lowest BCUT2D eigenvalue weighted by Crippen LogP contribution is -2.54. The van der Waals surface area contributed by atoms with Crippen LogP contribution in [-0.4, -0.2) is 54.0 Å². The Balaban J connectivity index is 1.49. The van der Waals surface area contributed by atoms with Gasteiger partial charge in [-0.25, -0.2) is 14.6 Å². The van der Waals surface area contributed by atoms with Crippen LogP contribution in [-0.2, 0) is 34.5 Å². The molecular weight excluding hydrogens is 444 g/mol. The van der Waals surface area contributed by atoms with E-state index in [-0.39, 0.29) is 29.5 Å². The number of rotatable bonds is 7. The summed E-state index contributed by atoms with van der Waals surface area (Å²) < 4.78 is 8.16. The van der Waals surface area contributed by atoms with E-state index in [4.69, 9.17) is 4.74 Å². The molecule has 2 aliphatic rings. The number of carbonyl (C=O) groups is 3. The number of urea groups is 1. The molecular formula is C22H30N6O6. The number of nitrogens with one attached hydrogen (secondary N) is 2. The average Bonchev–Trinajstić information content (AvgIpc) is 3.24. The number of imidazole rings is 1. The summed E-state index contributed by atoms with van der Waals surface area (Å²) in [5.74, 6) is -0.911. The standard InChI is InChI=1S/C22H30N6O6/c1-4-5-10-27-17-16(18(30)24-20(27)32)26(3)14(23-17)12-34-15(29)11-28-19(31)22(25-21(28)33)9-7-6-8-13(22)2/h13H,4-12H2,1-3H3,(H,25,33)(H,24,30,32). The number of aryl methyl sites for hydroxylation is 2. The minimum Gasteiger partial charge on any atom is -0.456 e. The van der Waals surface area contributed by atoms with Crippen LogP contribution < -0.4 is 16.6 Å². The molecule has 1 saturated carbocycles. The van der Waals surface area contributed by atoms with Gasteiger partial charge in [0.2, 0.25) is 0 Å². The molecule has 12 heteroatoms. The van der Waals surface area contributed by atoms with Crippen LogP contribution in [0, 0.1) is 5.92 Å². The minimum absolute atomic E-state index is 0.0119. The fourth-order valence-corrected chi connectivity index (χ4v) is 4.90. The van der Waals surface area contributed by atoms with Gasteiger partial charge in [-0.15, -0.1) is 0 Å². The van der Waals surface area contributed by atoms with Gasteiger partial charge in [0.15, 0.2) is 11.2 Å². The predicted octanol–water partition coefficient (Wildman–Crippen LogP) is 0.767. The van der Waals surface area contributed by atoms with Crippen LogP contribution in [0.3, 0.4) is 0 Å². The zero-order valence-electron chi connectivity index (χ0n) is 19.7. The second-order valence-electron chi connectivity index (χ2n) is 9.12. The van der Waals surface area contributed by atoms with Crippen LogP contribution in [0.2, 0.25) is 0 Å². The minimum atomic E-state index is -0.948. The zero-order chi connectivity index (χ0) is 24.6. The second-order valence-corrected chi connectivity index (χ2v) is 9.12. The van der Waals surface area contributed by atoms with Crippen molar-refractivity contribution in [2.75, 3.05) is 6.54 Å². The Bertz CT molecular complexity index is 1260. The van der Waals surface area contributed by atoms with Gasteiger partial charge < -0.3 is 14.6 Å². The van der Waals surface area contributed by atoms with Gasteiger partial charge in [0.25, 0.3) is 11.5 Å². The first-order valence-corrected chi connectivity index (χ1v) is 11.7. The fraction of sp³-hybridized carbons (Fsp3) is 0.636. The van der Waals surface area contributed by atoms with Crippen molar-refractivity contribution in [2.24, 2.45) is 13.0 Å². The van der Waals surface area contributed by atoms with Crippen LogP contribution in [0.4, 0.5) is 4.79 Å². The highest BCUT2D eigenvalue weighted by molar-refractivity contribution is 6.09. The maximum absolute atomic E-state index is 13.0. The number of esters is 1. The number of H-pyrrole nitrogens is 1. The molecule has 1 saturated heterocycles. The first kappa shape index (κ1) is 23.7. The normalized spacial score (nSPS) is 22.6. The summed E-state index contributed by atoms with van der Waals surface area (Å²) in [6.07, 6.45) is 4.81. The number of amides is 3. The predicted molar refractivity (Wildman–Crippen MR) is 121 cm³/mol. The first-order chi connectivity index (χ1) is 16.2. The third-order valence-electron chi connectivity index (χ3n) is 6.99. The summed E-state index contributed by atoms with van der Waals surface area (Å²) in [4.78, 5) is 70.2. The Morgan fingerprint density at radius 1 is 1.24 bits per heavy atom. The maximum atomic E-state index is 13.0. The maximum Gasteiger partial charge on any atom is 0.330 e. The topological polar surface area (TPSA) is 148 Å². The van der Waals surface area contributed by atoms with Crippen molar-refractivity contribution in [1.82, 2.24) is 29.3 Å². The number of nitrogens with zero attached hydrogens (tertiary/aromatic N) is 4. The number of ether oxygens (including phenoxy) is 1. The zero-order valence-corrected chi connectivity index (χ0v) is 19.7. The SMILES string of the molecule is CCCCn1c(=O)[nH]c(=O)c2c1nc(COC(=O)CN1C(=O)NC3(CCCCC3C)C1=O)n2C. The number of hydrogen-bond donors (Lipinski definition) is 2. The summed E-state index contributed by atoms with van der Waals surface area (Å²) in [6, 6.07) is -0.593. The highest BCUT2D eigenvalue weighted by Crippen LogP contribution is 2.38. The molecule has 0 bridgehead atoms. The number of aromatic amines is 1. The molecule has 2 fully saturated rings. The summed E-state index contributed by atoms with van der Waals surface area (Å²) >= 11 is 0. The lowest BCUT2D eigenvalue weighted by atomic mass is 9.73. The van der Waals surface area contributed by atoms with E-state index >= 15 is 0 Å². The highest BCUT2D eigenvalue weighted by Gasteiger charge is 2.55. The smallest absolute Gasteiger partial charge is 0.330 e. The number of carbonyl (C=O) groups excluding carboxylic acids is 3. The Morgan fingerprint density at radius 2 is 2.00 bits per heavy atom. The van der Waals surface area contributed by atoms with Crippen molar-refractivity contribution in [3.8, 4) is 0 Å². The van der Waals surface area contributed by atoms with Crippen LogP contribution in [0.1, 0.15) is 58.2 Å². The Morgan fingerprint density at radius 3 is 2.71 bits per heavy atom. The lowest BCUT2D eigenvalue weighted by Gasteiger charge is -2.36. The second kappa shape index (κ2) is 9.07. The largest absolute Gasteiger partial charge is 0.456 e. The molecule has 2 aromatic rings. The molecule has 12 nitrogen and oxygen atoms in total. The Hall–Kier alpha value is -3.44. The summed E-state index contributed by atoms with van der Waals surface area (Å²) in [6.45, 7) is 3.53. The third kappa shape index (κ3) is 3.90. The molecule has 3 heterocycles. The molecule has 4 rings (SSSR count). The van der Waals surface area contributed by atoms with Gasteiger partial charge in [-0.3, -0.25) is 28.8 Å². The molecule has 1 aliphatic carbocycles. The molecule has 1 aliphatic heterocycles. The fourth-order valence-electron chi connectivity index (χ4n) is 4.90. The van der Waals surface area contributed by atoms with Gasteiger partial charge in [-0.1, -0.05) is 33.1 Å². The third-order valence-corrected chi connectivity index (χ3v) is 6.99. The van der Waals surface area contributed by atoms with E-state index in [1.807, 2.05) is 13.8 Å². The molecule has 184 valence electrons. The van der Waals surface area contributed by atoms with E-state index in [0.29, 0.717) is 13.0 Å². The molecule has 3 amide bonds. The molecule has 0 aromatic carbocycles. The Kier molecular flexibility index (Phi) is 6.32. The van der Waals surface area contributed by atoms with E-state index in [1.165, 1.54) is 9.13 Å². The van der Waals surface area contributed by atoms with Gasteiger partial charge in [0.05, 0.1) is 0 Å². The summed E-state index contributed by atoms with van der Waals surface area (Å²) in [5, 5.41) is 2.80. The van der Waals surface area contributed by atoms with Crippen LogP contribution in [0.15, 0.2) is 9.59 Å². The van der Waals surface area contributed by atoms with Gasteiger partial charge in [0, 0.05) is 13.6 Å². The molecule has 2 N–H and O–H groups in total. The van der Waals surface area contributed by atoms with Gasteiger partial charge in [-0.05, 0) is 25.2 Å². The van der Waals surface area contributed by atoms with Crippen molar-refractivity contribution in [3.63, 3.8) is 0 Å². The van der Waals surface area contributed by atoms with Gasteiger partial charge in [0.1, 0.15) is 24.5 Å². The van der Waals surface area contributed by atoms with Gasteiger partial charge >= 0.3 is 17.7 Å². The van der Waals surface area contributed by atoms with Crippen molar-refractivity contribution < 1.29 is 19.1 Å². The number of fused-ring (bicyclic) bond motifs is 1. The molecule has 34 heavy (non-hydrogen) atoms. The van der Waals surface area contributed by atoms with Crippen molar-refractivity contribution in [2.45, 2.75) is 71.1 Å². The number of hydrogen-bond acceptors (Lipinski definition) is 7. The number of aromatic nitrogens is 4. The molecule has 2 aromatic heterocycles. The van der Waals surface area contributed by atoms with E-state index in [1.54, 1.807) is 7.05 Å². The Labute approximate surface area is 195 Å². The van der Waals surface area contributed by atoms with Crippen molar-refractivity contribution in [1.29, 1.82) is 0 Å². The first-order valence-electron chi connectivity index (χ1n) is 11.7. The molecule has 1 spiro atoms. The van der Waals surface area contributed by atoms with E-state index in [9.17, 15) is 24.0 Å².